The van der Waals surface area contributed by atoms with Crippen molar-refractivity contribution >= 4 is 47.0 Å². The van der Waals surface area contributed by atoms with Crippen molar-refractivity contribution in [1.82, 2.24) is 0 Å². The Hall–Kier alpha value is -1.75. The SMILES string of the molecule is CCOC(=O)C(ON=Cc1ccc(Cl)cc1Cl)c1ccc(Cl)cc1. The van der Waals surface area contributed by atoms with Crippen molar-refractivity contribution in [2.75, 3.05) is 6.61 Å². The molecule has 1 atom stereocenters. The van der Waals surface area contributed by atoms with Crippen LogP contribution in [0.1, 0.15) is 24.2 Å². The molecule has 0 saturated carbocycles. The van der Waals surface area contributed by atoms with E-state index in [9.17, 15) is 4.79 Å². The van der Waals surface area contributed by atoms with E-state index in [1.165, 1.54) is 6.21 Å². The van der Waals surface area contributed by atoms with E-state index < -0.39 is 12.1 Å². The molecule has 0 fully saturated rings. The normalized spacial score (nSPS) is 12.2. The highest BCUT2D eigenvalue weighted by Crippen LogP contribution is 2.23. The lowest BCUT2D eigenvalue weighted by Crippen LogP contribution is -2.17. The van der Waals surface area contributed by atoms with E-state index in [0.717, 1.165) is 0 Å². The molecule has 0 N–H and O–H groups in total. The summed E-state index contributed by atoms with van der Waals surface area (Å²) in [7, 11) is 0. The van der Waals surface area contributed by atoms with Gasteiger partial charge in [-0.05, 0) is 31.2 Å². The second kappa shape index (κ2) is 8.92. The molecule has 0 aliphatic rings. The molecule has 126 valence electrons. The maximum absolute atomic E-state index is 12.1. The van der Waals surface area contributed by atoms with Crippen LogP contribution in [0, 0.1) is 0 Å². The average molecular weight is 387 g/mol. The van der Waals surface area contributed by atoms with Crippen LogP contribution in [0.3, 0.4) is 0 Å². The van der Waals surface area contributed by atoms with E-state index in [4.69, 9.17) is 44.4 Å². The largest absolute Gasteiger partial charge is 0.463 e. The zero-order valence-electron chi connectivity index (χ0n) is 12.7. The van der Waals surface area contributed by atoms with Crippen molar-refractivity contribution in [1.29, 1.82) is 0 Å². The summed E-state index contributed by atoms with van der Waals surface area (Å²) in [6.45, 7) is 1.95. The summed E-state index contributed by atoms with van der Waals surface area (Å²) in [5.74, 6) is -0.542. The van der Waals surface area contributed by atoms with E-state index >= 15 is 0 Å². The topological polar surface area (TPSA) is 47.9 Å². The number of hydrogen-bond donors (Lipinski definition) is 0. The number of rotatable bonds is 6. The Kier molecular flexibility index (Phi) is 6.91. The van der Waals surface area contributed by atoms with Gasteiger partial charge in [0.25, 0.3) is 0 Å². The van der Waals surface area contributed by atoms with Gasteiger partial charge in [0.05, 0.1) is 17.8 Å². The maximum Gasteiger partial charge on any atom is 0.355 e. The molecule has 0 bridgehead atoms. The standard InChI is InChI=1S/C17H14Cl3NO3/c1-2-23-17(22)16(11-3-6-13(18)7-4-11)24-21-10-12-5-8-14(19)9-15(12)20/h3-10,16H,2H2,1H3. The lowest BCUT2D eigenvalue weighted by molar-refractivity contribution is -0.157. The van der Waals surface area contributed by atoms with Gasteiger partial charge in [-0.2, -0.15) is 0 Å². The van der Waals surface area contributed by atoms with Crippen LogP contribution in [0.25, 0.3) is 0 Å². The molecule has 0 aliphatic carbocycles. The van der Waals surface area contributed by atoms with Crippen LogP contribution in [0.15, 0.2) is 47.6 Å². The van der Waals surface area contributed by atoms with E-state index in [2.05, 4.69) is 5.16 Å². The zero-order valence-corrected chi connectivity index (χ0v) is 15.0. The zero-order chi connectivity index (χ0) is 17.5. The Morgan fingerprint density at radius 1 is 1.12 bits per heavy atom. The summed E-state index contributed by atoms with van der Waals surface area (Å²) in [4.78, 5) is 17.4. The Labute approximate surface area is 154 Å². The number of ether oxygens (including phenoxy) is 1. The number of oxime groups is 1. The van der Waals surface area contributed by atoms with Crippen molar-refractivity contribution in [3.8, 4) is 0 Å². The van der Waals surface area contributed by atoms with Crippen LogP contribution in [0.4, 0.5) is 0 Å². The highest BCUT2D eigenvalue weighted by atomic mass is 35.5. The molecule has 0 radical (unpaired) electrons. The summed E-state index contributed by atoms with van der Waals surface area (Å²) in [5, 5.41) is 5.34. The Bertz CT molecular complexity index is 732. The first-order valence-electron chi connectivity index (χ1n) is 7.07. The average Bonchev–Trinajstić information content (AvgIpc) is 2.54. The first kappa shape index (κ1) is 18.6. The Balaban J connectivity index is 2.17. The van der Waals surface area contributed by atoms with Crippen LogP contribution < -0.4 is 0 Å². The molecule has 2 aromatic carbocycles. The first-order chi connectivity index (χ1) is 11.5. The number of carbonyl (C=O) groups is 1. The maximum atomic E-state index is 12.1. The smallest absolute Gasteiger partial charge is 0.355 e. The molecular formula is C17H14Cl3NO3. The molecule has 0 amide bonds. The molecule has 24 heavy (non-hydrogen) atoms. The van der Waals surface area contributed by atoms with Gasteiger partial charge in [0.1, 0.15) is 0 Å². The third-order valence-corrected chi connectivity index (χ3v) is 3.81. The van der Waals surface area contributed by atoms with Gasteiger partial charge in [0.15, 0.2) is 0 Å². The monoisotopic (exact) mass is 385 g/mol. The summed E-state index contributed by atoms with van der Waals surface area (Å²) in [6.07, 6.45) is 0.408. The van der Waals surface area contributed by atoms with Crippen LogP contribution >= 0.6 is 34.8 Å². The highest BCUT2D eigenvalue weighted by molar-refractivity contribution is 6.36. The highest BCUT2D eigenvalue weighted by Gasteiger charge is 2.24. The van der Waals surface area contributed by atoms with Gasteiger partial charge in [-0.1, -0.05) is 58.2 Å². The molecule has 0 aromatic heterocycles. The summed E-state index contributed by atoms with van der Waals surface area (Å²) >= 11 is 17.8. The quantitative estimate of drug-likeness (QED) is 0.384. The molecule has 0 heterocycles. The van der Waals surface area contributed by atoms with E-state index in [-0.39, 0.29) is 6.61 Å². The molecule has 2 aromatic rings. The van der Waals surface area contributed by atoms with E-state index in [0.29, 0.717) is 26.2 Å². The van der Waals surface area contributed by atoms with Crippen molar-refractivity contribution in [3.05, 3.63) is 68.7 Å². The van der Waals surface area contributed by atoms with Crippen molar-refractivity contribution in [2.24, 2.45) is 5.16 Å². The van der Waals surface area contributed by atoms with E-state index in [1.54, 1.807) is 49.4 Å². The second-order valence-corrected chi connectivity index (χ2v) is 5.97. The van der Waals surface area contributed by atoms with Crippen LogP contribution in [-0.2, 0) is 14.4 Å². The van der Waals surface area contributed by atoms with Gasteiger partial charge >= 0.3 is 5.97 Å². The fourth-order valence-corrected chi connectivity index (χ4v) is 2.43. The van der Waals surface area contributed by atoms with Crippen molar-refractivity contribution < 1.29 is 14.4 Å². The number of carbonyl (C=O) groups excluding carboxylic acids is 1. The summed E-state index contributed by atoms with van der Waals surface area (Å²) in [5.41, 5.74) is 1.19. The van der Waals surface area contributed by atoms with Gasteiger partial charge < -0.3 is 9.57 Å². The van der Waals surface area contributed by atoms with Crippen molar-refractivity contribution in [2.45, 2.75) is 13.0 Å². The third kappa shape index (κ3) is 5.13. The molecule has 0 saturated heterocycles. The third-order valence-electron chi connectivity index (χ3n) is 2.99. The molecular weight excluding hydrogens is 373 g/mol. The predicted octanol–water partition coefficient (Wildman–Crippen LogP) is 5.30. The minimum Gasteiger partial charge on any atom is -0.463 e. The Morgan fingerprint density at radius 2 is 1.79 bits per heavy atom. The number of benzene rings is 2. The fourth-order valence-electron chi connectivity index (χ4n) is 1.85. The fraction of sp³-hybridized carbons (Fsp3) is 0.176. The van der Waals surface area contributed by atoms with Crippen LogP contribution in [0.5, 0.6) is 0 Å². The predicted molar refractivity (Wildman–Crippen MR) is 96.0 cm³/mol. The lowest BCUT2D eigenvalue weighted by atomic mass is 10.1. The molecule has 0 aliphatic heterocycles. The first-order valence-corrected chi connectivity index (χ1v) is 8.21. The number of hydrogen-bond acceptors (Lipinski definition) is 4. The molecule has 1 unspecified atom stereocenters. The van der Waals surface area contributed by atoms with Gasteiger partial charge in [0, 0.05) is 21.2 Å². The van der Waals surface area contributed by atoms with Crippen molar-refractivity contribution in [3.63, 3.8) is 0 Å². The minimum absolute atomic E-state index is 0.235. The number of nitrogens with zero attached hydrogens (tertiary/aromatic N) is 1. The van der Waals surface area contributed by atoms with Crippen LogP contribution in [-0.4, -0.2) is 18.8 Å². The number of esters is 1. The van der Waals surface area contributed by atoms with Gasteiger partial charge in [-0.25, -0.2) is 4.79 Å². The lowest BCUT2D eigenvalue weighted by Gasteiger charge is -2.14. The van der Waals surface area contributed by atoms with Crippen LogP contribution in [0.2, 0.25) is 15.1 Å². The second-order valence-electron chi connectivity index (χ2n) is 4.69. The van der Waals surface area contributed by atoms with Gasteiger partial charge in [-0.15, -0.1) is 0 Å². The number of halogens is 3. The summed E-state index contributed by atoms with van der Waals surface area (Å²) < 4.78 is 5.02. The molecule has 2 rings (SSSR count). The molecule has 0 spiro atoms. The summed E-state index contributed by atoms with van der Waals surface area (Å²) in [6, 6.07) is 11.6. The molecule has 7 heteroatoms. The minimum atomic E-state index is -0.996. The Morgan fingerprint density at radius 3 is 2.42 bits per heavy atom. The molecule has 4 nitrogen and oxygen atoms in total. The van der Waals surface area contributed by atoms with Gasteiger partial charge in [-0.3, -0.25) is 0 Å². The van der Waals surface area contributed by atoms with Gasteiger partial charge in [0.2, 0.25) is 6.10 Å². The van der Waals surface area contributed by atoms with E-state index in [1.807, 2.05) is 0 Å².